The normalized spacial score (nSPS) is 14.9. The van der Waals surface area contributed by atoms with Crippen LogP contribution < -0.4 is 0 Å². The van der Waals surface area contributed by atoms with E-state index < -0.39 is 71.6 Å². The van der Waals surface area contributed by atoms with Crippen molar-refractivity contribution >= 4 is 96.6 Å². The van der Waals surface area contributed by atoms with E-state index in [1.54, 1.807) is 84.9 Å². The highest BCUT2D eigenvalue weighted by Crippen LogP contribution is 2.52. The predicted molar refractivity (Wildman–Crippen MR) is 262 cm³/mol. The quantitative estimate of drug-likeness (QED) is 0.0835. The molecule has 18 heteroatoms. The third-order valence-electron chi connectivity index (χ3n) is 11.8. The average Bonchev–Trinajstić information content (AvgIpc) is 3.82. The van der Waals surface area contributed by atoms with Crippen molar-refractivity contribution in [2.45, 2.75) is 19.6 Å². The van der Waals surface area contributed by atoms with Crippen molar-refractivity contribution < 1.29 is 61.5 Å². The number of carbonyl (C=O) groups is 2. The average molecular weight is 1010 g/mol. The molecule has 4 N–H and O–H groups in total. The molecule has 2 aliphatic rings. The Hall–Kier alpha value is -7.52. The topological polar surface area (TPSA) is 252 Å². The summed E-state index contributed by atoms with van der Waals surface area (Å²) in [6.45, 7) is 0. The van der Waals surface area contributed by atoms with Gasteiger partial charge < -0.3 is 0 Å². The summed E-state index contributed by atoms with van der Waals surface area (Å²) < 4.78 is 136. The molecule has 7 aromatic carbocycles. The van der Waals surface area contributed by atoms with Crippen LogP contribution in [0.25, 0.3) is 44.6 Å². The first-order chi connectivity index (χ1) is 33.1. The summed E-state index contributed by atoms with van der Waals surface area (Å²) in [6.07, 6.45) is 0. The molecule has 0 saturated carbocycles. The lowest BCUT2D eigenvalue weighted by Crippen LogP contribution is -2.04. The van der Waals surface area contributed by atoms with Gasteiger partial charge in [-0.2, -0.15) is 33.7 Å². The molecule has 0 heterocycles. The fraction of sp³-hybridized carbons (Fsp3) is 0. The highest BCUT2D eigenvalue weighted by molar-refractivity contribution is 7.86. The molecular weight excluding hydrogens is 977 g/mol. The Labute approximate surface area is 401 Å². The summed E-state index contributed by atoms with van der Waals surface area (Å²) in [7, 11) is -18.5. The maximum Gasteiger partial charge on any atom is 0.294 e. The van der Waals surface area contributed by atoms with Gasteiger partial charge in [0.1, 0.15) is 0 Å². The molecule has 0 saturated heterocycles. The predicted octanol–water partition coefficient (Wildman–Crippen LogP) is 8.88. The number of hydrogen-bond donors (Lipinski definition) is 4. The van der Waals surface area contributed by atoms with Crippen LogP contribution in [0.5, 0.6) is 0 Å². The molecule has 14 nitrogen and oxygen atoms in total. The number of allylic oxidation sites excluding steroid dienone is 8. The van der Waals surface area contributed by atoms with Crippen molar-refractivity contribution in [2.75, 3.05) is 0 Å². The van der Waals surface area contributed by atoms with Gasteiger partial charge in [0.25, 0.3) is 40.5 Å². The van der Waals surface area contributed by atoms with Gasteiger partial charge in [0.2, 0.25) is 0 Å². The largest absolute Gasteiger partial charge is 0.294 e. The van der Waals surface area contributed by atoms with Crippen LogP contribution in [0.15, 0.2) is 202 Å². The van der Waals surface area contributed by atoms with E-state index in [1.165, 1.54) is 48.5 Å². The molecule has 0 amide bonds. The maximum atomic E-state index is 15.1. The molecule has 0 atom stereocenters. The Kier molecular flexibility index (Phi) is 12.1. The Morgan fingerprint density at radius 1 is 0.214 bits per heavy atom. The zero-order valence-corrected chi connectivity index (χ0v) is 39.1. The second kappa shape index (κ2) is 17.8. The van der Waals surface area contributed by atoms with Crippen molar-refractivity contribution in [3.63, 3.8) is 0 Å². The van der Waals surface area contributed by atoms with Gasteiger partial charge in [-0.25, -0.2) is 0 Å². The lowest BCUT2D eigenvalue weighted by Gasteiger charge is -2.16. The molecule has 0 unspecified atom stereocenters. The summed E-state index contributed by atoms with van der Waals surface area (Å²) in [5.74, 6) is -1.06. The third-order valence-corrected chi connectivity index (χ3v) is 15.2. The van der Waals surface area contributed by atoms with Crippen molar-refractivity contribution in [3.8, 4) is 0 Å². The minimum Gasteiger partial charge on any atom is -0.289 e. The van der Waals surface area contributed by atoms with Gasteiger partial charge in [0.15, 0.2) is 11.6 Å². The van der Waals surface area contributed by atoms with Crippen molar-refractivity contribution in [1.29, 1.82) is 0 Å². The zero-order chi connectivity index (χ0) is 49.9. The monoisotopic (exact) mass is 1010 g/mol. The van der Waals surface area contributed by atoms with Crippen molar-refractivity contribution in [3.05, 3.63) is 226 Å². The molecule has 2 aliphatic carbocycles. The minimum absolute atomic E-state index is 0.109. The van der Waals surface area contributed by atoms with E-state index in [0.717, 1.165) is 48.5 Å². The standard InChI is InChI=1S/C52H34O14S4/c53-51-47(35-15-23-39(24-16-35)67(55,56)57)43(31-7-3-1-4-8-31)45(49(51)37-19-27-41(28-20-37)69(61,62)63)33-11-13-34(14-12-33)46-44(32-9-5-2-6-10-32)48(36-17-25-40(26-18-36)68(58,59)60)52(54)50(46)38-21-29-42(30-22-38)70(64,65)66/h1-30H,(H,55,56,57)(H,58,59,60)(H,61,62,63)(H,64,65,66). The van der Waals surface area contributed by atoms with Crippen LogP contribution in [-0.2, 0) is 50.1 Å². The fourth-order valence-electron chi connectivity index (χ4n) is 8.65. The number of hydrogen-bond acceptors (Lipinski definition) is 10. The van der Waals surface area contributed by atoms with Crippen LogP contribution in [0.1, 0.15) is 44.5 Å². The first-order valence-corrected chi connectivity index (χ1v) is 26.5. The van der Waals surface area contributed by atoms with Crippen molar-refractivity contribution in [2.24, 2.45) is 0 Å². The van der Waals surface area contributed by atoms with Gasteiger partial charge >= 0.3 is 0 Å². The second-order valence-electron chi connectivity index (χ2n) is 16.0. The smallest absolute Gasteiger partial charge is 0.289 e. The Morgan fingerprint density at radius 2 is 0.371 bits per heavy atom. The van der Waals surface area contributed by atoms with Gasteiger partial charge in [-0.15, -0.1) is 0 Å². The Morgan fingerprint density at radius 3 is 0.557 bits per heavy atom. The minimum atomic E-state index is -4.64. The van der Waals surface area contributed by atoms with E-state index in [2.05, 4.69) is 0 Å². The first kappa shape index (κ1) is 47.5. The highest BCUT2D eigenvalue weighted by Gasteiger charge is 2.38. The molecular formula is C52H34O14S4. The summed E-state index contributed by atoms with van der Waals surface area (Å²) in [5.41, 5.74) is 5.14. The van der Waals surface area contributed by atoms with Crippen LogP contribution in [0.4, 0.5) is 0 Å². The Bertz CT molecular complexity index is 3660. The number of Topliss-reactive ketones (excluding diaryl/α,β-unsaturated/α-hetero) is 2. The van der Waals surface area contributed by atoms with E-state index >= 15 is 9.59 Å². The molecule has 70 heavy (non-hydrogen) atoms. The SMILES string of the molecule is O=C1C(c2ccc(S(=O)(=O)O)cc2)=C(c2ccccc2)C(c2ccc(C3=C(c4ccc(S(=O)(=O)O)cc4)C(=O)C(c4ccc(S(=O)(=O)O)cc4)=C3c3ccccc3)cc2)=C1c1ccc(S(=O)(=O)O)cc1. The molecule has 7 aromatic rings. The maximum absolute atomic E-state index is 15.1. The number of rotatable bonds is 12. The molecule has 0 radical (unpaired) electrons. The Balaban J connectivity index is 1.31. The summed E-state index contributed by atoms with van der Waals surface area (Å²) >= 11 is 0. The van der Waals surface area contributed by atoms with Gasteiger partial charge in [-0.1, -0.05) is 133 Å². The van der Waals surface area contributed by atoms with E-state index in [9.17, 15) is 51.9 Å². The molecule has 0 bridgehead atoms. The van der Waals surface area contributed by atoms with Gasteiger partial charge in [0.05, 0.1) is 19.6 Å². The third kappa shape index (κ3) is 8.97. The lowest BCUT2D eigenvalue weighted by atomic mass is 9.86. The van der Waals surface area contributed by atoms with Crippen LogP contribution in [0.2, 0.25) is 0 Å². The highest BCUT2D eigenvalue weighted by atomic mass is 32.2. The van der Waals surface area contributed by atoms with Crippen LogP contribution in [0, 0.1) is 0 Å². The van der Waals surface area contributed by atoms with Gasteiger partial charge in [-0.3, -0.25) is 27.8 Å². The summed E-state index contributed by atoms with van der Waals surface area (Å²) in [6, 6.07) is 44.6. The van der Waals surface area contributed by atoms with Crippen LogP contribution in [0.3, 0.4) is 0 Å². The lowest BCUT2D eigenvalue weighted by molar-refractivity contribution is -0.109. The van der Waals surface area contributed by atoms with Crippen LogP contribution >= 0.6 is 0 Å². The van der Waals surface area contributed by atoms with E-state index in [1.807, 2.05) is 0 Å². The number of ketones is 2. The van der Waals surface area contributed by atoms with E-state index in [0.29, 0.717) is 44.5 Å². The molecule has 0 spiro atoms. The fourth-order valence-corrected chi connectivity index (χ4v) is 10.6. The van der Waals surface area contributed by atoms with E-state index in [-0.39, 0.29) is 44.5 Å². The summed E-state index contributed by atoms with van der Waals surface area (Å²) in [5, 5.41) is 0. The molecule has 9 rings (SSSR count). The van der Waals surface area contributed by atoms with Gasteiger partial charge in [0, 0.05) is 44.6 Å². The molecule has 350 valence electrons. The summed E-state index contributed by atoms with van der Waals surface area (Å²) in [4.78, 5) is 28.5. The number of benzene rings is 7. The zero-order valence-electron chi connectivity index (χ0n) is 35.8. The van der Waals surface area contributed by atoms with Crippen molar-refractivity contribution in [1.82, 2.24) is 0 Å². The second-order valence-corrected chi connectivity index (χ2v) is 21.7. The molecule has 0 aromatic heterocycles. The van der Waals surface area contributed by atoms with Crippen LogP contribution in [-0.4, -0.2) is 63.4 Å². The van der Waals surface area contributed by atoms with Gasteiger partial charge in [-0.05, 0) is 93.0 Å². The molecule has 0 fully saturated rings. The van der Waals surface area contributed by atoms with E-state index in [4.69, 9.17) is 0 Å². The number of carbonyl (C=O) groups excluding carboxylic acids is 2. The first-order valence-electron chi connectivity index (χ1n) is 20.7. The molecule has 0 aliphatic heterocycles.